The molecule has 3 unspecified atom stereocenters. The number of hydrogen-bond donors (Lipinski definition) is 3. The van der Waals surface area contributed by atoms with E-state index in [0.717, 1.165) is 24.9 Å². The predicted molar refractivity (Wildman–Crippen MR) is 159 cm³/mol. The van der Waals surface area contributed by atoms with Crippen molar-refractivity contribution in [3.63, 3.8) is 0 Å². The van der Waals surface area contributed by atoms with Crippen LogP contribution in [0.5, 0.6) is 5.75 Å². The highest BCUT2D eigenvalue weighted by Gasteiger charge is 2.43. The van der Waals surface area contributed by atoms with Crippen molar-refractivity contribution in [2.45, 2.75) is 64.0 Å². The summed E-state index contributed by atoms with van der Waals surface area (Å²) in [7, 11) is 1.92. The molecule has 224 valence electrons. The molecule has 4 atom stereocenters. The molecule has 41 heavy (non-hydrogen) atoms. The molecule has 5 N–H and O–H groups in total. The van der Waals surface area contributed by atoms with Crippen LogP contribution in [-0.4, -0.2) is 67.3 Å². The number of anilines is 4. The Bertz CT molecular complexity index is 1250. The van der Waals surface area contributed by atoms with Gasteiger partial charge in [0.15, 0.2) is 11.6 Å². The van der Waals surface area contributed by atoms with Crippen molar-refractivity contribution in [2.75, 3.05) is 47.9 Å². The van der Waals surface area contributed by atoms with Crippen molar-refractivity contribution < 1.29 is 23.3 Å². The number of nitrogens with one attached hydrogen (secondary N) is 1. The zero-order chi connectivity index (χ0) is 29.5. The van der Waals surface area contributed by atoms with Crippen LogP contribution in [0.4, 0.5) is 23.3 Å². The molecule has 5 rings (SSSR count). The van der Waals surface area contributed by atoms with E-state index in [1.807, 2.05) is 11.9 Å². The lowest BCUT2D eigenvalue weighted by molar-refractivity contribution is -0.150. The molecule has 1 aromatic heterocycles. The summed E-state index contributed by atoms with van der Waals surface area (Å²) in [5.41, 5.74) is 5.79. The van der Waals surface area contributed by atoms with Gasteiger partial charge in [-0.15, -0.1) is 0 Å². The summed E-state index contributed by atoms with van der Waals surface area (Å²) in [6.07, 6.45) is 2.05. The van der Waals surface area contributed by atoms with Gasteiger partial charge in [-0.25, -0.2) is 10.9 Å². The van der Waals surface area contributed by atoms with E-state index < -0.39 is 14.1 Å². The maximum absolute atomic E-state index is 12.8. The minimum atomic E-state index is -1.74. The number of ether oxygens (including phenoxy) is 2. The van der Waals surface area contributed by atoms with Gasteiger partial charge < -0.3 is 34.1 Å². The number of nitrogens with zero attached hydrogens (tertiary/aromatic N) is 5. The first-order valence-corrected chi connectivity index (χ1v) is 15.1. The smallest absolute Gasteiger partial charge is 0.326 e. The van der Waals surface area contributed by atoms with Gasteiger partial charge in [-0.1, -0.05) is 18.5 Å². The summed E-state index contributed by atoms with van der Waals surface area (Å²) in [6.45, 7) is 6.44. The van der Waals surface area contributed by atoms with Crippen molar-refractivity contribution >= 4 is 49.4 Å². The summed E-state index contributed by atoms with van der Waals surface area (Å²) in [4.78, 5) is 25.7. The third-order valence-electron chi connectivity index (χ3n) is 7.04. The minimum absolute atomic E-state index is 0.00470. The number of rotatable bonds is 11. The number of fused-ring (bicyclic) bond motifs is 1. The normalized spacial score (nSPS) is 23.0. The van der Waals surface area contributed by atoms with E-state index >= 15 is 0 Å². The van der Waals surface area contributed by atoms with E-state index in [1.165, 1.54) is 5.01 Å². The number of hydrogen-bond acceptors (Lipinski definition) is 13. The molecule has 0 amide bonds. The number of aromatic nitrogens is 2. The highest BCUT2D eigenvalue weighted by Crippen LogP contribution is 2.45. The Morgan fingerprint density at radius 2 is 2.00 bits per heavy atom. The molecular weight excluding hydrogens is 571 g/mol. The SMILES string of the molecule is CC1CC(COP(NC(C)(C)C(=O)OC2CC2)Oc2ccc(Cl)cc2)O[C@H]1N1CN(C)c2c(N(C)N)nc(N)nc21. The highest BCUT2D eigenvalue weighted by atomic mass is 35.5. The quantitative estimate of drug-likeness (QED) is 0.148. The monoisotopic (exact) mass is 608 g/mol. The topological polar surface area (TPSA) is 154 Å². The molecule has 13 nitrogen and oxygen atoms in total. The van der Waals surface area contributed by atoms with Crippen LogP contribution in [0.3, 0.4) is 0 Å². The highest BCUT2D eigenvalue weighted by molar-refractivity contribution is 7.45. The molecule has 0 bridgehead atoms. The lowest BCUT2D eigenvalue weighted by Gasteiger charge is -2.30. The van der Waals surface area contributed by atoms with E-state index in [2.05, 4.69) is 26.9 Å². The molecule has 3 heterocycles. The van der Waals surface area contributed by atoms with Crippen LogP contribution in [0.25, 0.3) is 0 Å². The first kappa shape index (κ1) is 29.8. The molecular formula is C26H38ClN8O5P. The van der Waals surface area contributed by atoms with Crippen LogP contribution in [0, 0.1) is 5.92 Å². The number of benzene rings is 1. The van der Waals surface area contributed by atoms with Crippen LogP contribution in [0.15, 0.2) is 24.3 Å². The maximum atomic E-state index is 12.8. The summed E-state index contributed by atoms with van der Waals surface area (Å²) >= 11 is 6.05. The second-order valence-corrected chi connectivity index (χ2v) is 12.9. The van der Waals surface area contributed by atoms with E-state index in [0.29, 0.717) is 29.1 Å². The Morgan fingerprint density at radius 1 is 1.29 bits per heavy atom. The number of halogens is 1. The Kier molecular flexibility index (Phi) is 8.66. The third-order valence-corrected chi connectivity index (χ3v) is 8.79. The van der Waals surface area contributed by atoms with Crippen molar-refractivity contribution in [2.24, 2.45) is 11.8 Å². The lowest BCUT2D eigenvalue weighted by atomic mass is 10.1. The number of nitrogen functional groups attached to an aromatic ring is 1. The molecule has 1 saturated carbocycles. The Morgan fingerprint density at radius 3 is 2.66 bits per heavy atom. The maximum Gasteiger partial charge on any atom is 0.326 e. The average Bonchev–Trinajstić information content (AvgIpc) is 3.56. The first-order valence-electron chi connectivity index (χ1n) is 13.6. The fraction of sp³-hybridized carbons (Fsp3) is 0.577. The van der Waals surface area contributed by atoms with Crippen LogP contribution >= 0.6 is 20.1 Å². The fourth-order valence-electron chi connectivity index (χ4n) is 4.79. The molecule has 15 heteroatoms. The van der Waals surface area contributed by atoms with Gasteiger partial charge in [0, 0.05) is 25.0 Å². The predicted octanol–water partition coefficient (Wildman–Crippen LogP) is 3.38. The molecule has 1 saturated heterocycles. The number of esters is 1. The van der Waals surface area contributed by atoms with Gasteiger partial charge in [-0.05, 0) is 57.4 Å². The second-order valence-electron chi connectivity index (χ2n) is 11.3. The largest absolute Gasteiger partial charge is 0.461 e. The van der Waals surface area contributed by atoms with Crippen LogP contribution in [0.1, 0.15) is 40.0 Å². The number of nitrogens with two attached hydrogens (primary N) is 2. The first-order chi connectivity index (χ1) is 19.4. The lowest BCUT2D eigenvalue weighted by Crippen LogP contribution is -2.46. The number of carbonyl (C=O) groups excluding carboxylic acids is 1. The van der Waals surface area contributed by atoms with Gasteiger partial charge in [-0.3, -0.25) is 9.80 Å². The van der Waals surface area contributed by atoms with E-state index in [9.17, 15) is 4.79 Å². The van der Waals surface area contributed by atoms with Crippen molar-refractivity contribution in [1.29, 1.82) is 0 Å². The van der Waals surface area contributed by atoms with Crippen LogP contribution in [0.2, 0.25) is 5.02 Å². The minimum Gasteiger partial charge on any atom is -0.461 e. The van der Waals surface area contributed by atoms with Gasteiger partial charge in [0.1, 0.15) is 29.3 Å². The summed E-state index contributed by atoms with van der Waals surface area (Å²) in [5, 5.41) is 5.25. The molecule has 0 spiro atoms. The van der Waals surface area contributed by atoms with E-state index in [1.54, 1.807) is 45.2 Å². The van der Waals surface area contributed by atoms with E-state index in [4.69, 9.17) is 41.7 Å². The molecule has 2 aliphatic heterocycles. The van der Waals surface area contributed by atoms with Gasteiger partial charge in [0.05, 0.1) is 19.4 Å². The molecule has 2 fully saturated rings. The van der Waals surface area contributed by atoms with E-state index in [-0.39, 0.29) is 42.9 Å². The van der Waals surface area contributed by atoms with Crippen molar-refractivity contribution in [1.82, 2.24) is 15.1 Å². The summed E-state index contributed by atoms with van der Waals surface area (Å²) in [5.74, 6) is 7.77. The van der Waals surface area contributed by atoms with Crippen LogP contribution < -0.4 is 36.0 Å². The van der Waals surface area contributed by atoms with Crippen molar-refractivity contribution in [3.8, 4) is 5.75 Å². The number of hydrazine groups is 1. The average molecular weight is 609 g/mol. The van der Waals surface area contributed by atoms with Gasteiger partial charge >= 0.3 is 14.5 Å². The summed E-state index contributed by atoms with van der Waals surface area (Å²) in [6, 6.07) is 6.98. The molecule has 3 aliphatic rings. The van der Waals surface area contributed by atoms with Gasteiger partial charge in [-0.2, -0.15) is 9.97 Å². The third kappa shape index (κ3) is 6.87. The van der Waals surface area contributed by atoms with Gasteiger partial charge in [0.2, 0.25) is 5.95 Å². The fourth-order valence-corrected chi connectivity index (χ4v) is 6.24. The molecule has 1 aliphatic carbocycles. The second kappa shape index (κ2) is 11.9. The standard InChI is InChI=1S/C26H38ClN8O5P/c1-15-12-19(38-23(15)35-14-33(4)20-21(34(5)29)30-25(28)31-22(20)35)13-37-41(40-18-8-6-16(27)7-9-18)32-26(2,3)24(36)39-17-10-11-17/h6-9,15,17,19,23,32H,10-14,29H2,1-5H3,(H2,28,30,31)/t15?,19?,23-,41?/m1/s1. The molecule has 1 aromatic carbocycles. The molecule has 2 aromatic rings. The Balaban J connectivity index is 1.27. The van der Waals surface area contributed by atoms with Crippen molar-refractivity contribution in [3.05, 3.63) is 29.3 Å². The molecule has 0 radical (unpaired) electrons. The zero-order valence-corrected chi connectivity index (χ0v) is 25.6. The summed E-state index contributed by atoms with van der Waals surface area (Å²) < 4.78 is 24.4. The Labute approximate surface area is 246 Å². The number of carbonyl (C=O) groups is 1. The van der Waals surface area contributed by atoms with Crippen LogP contribution in [-0.2, 0) is 18.8 Å². The van der Waals surface area contributed by atoms with Gasteiger partial charge in [0.25, 0.3) is 0 Å². The zero-order valence-electron chi connectivity index (χ0n) is 23.9. The Hall–Kier alpha value is -2.67.